The van der Waals surface area contributed by atoms with E-state index in [-0.39, 0.29) is 0 Å². The minimum atomic E-state index is -0.466. The van der Waals surface area contributed by atoms with Gasteiger partial charge in [0.2, 0.25) is 0 Å². The Bertz CT molecular complexity index is 386. The summed E-state index contributed by atoms with van der Waals surface area (Å²) in [5, 5.41) is 13.3. The van der Waals surface area contributed by atoms with Crippen LogP contribution in [0, 0.1) is 0 Å². The minimum Gasteiger partial charge on any atom is -0.489 e. The molecule has 0 saturated carbocycles. The summed E-state index contributed by atoms with van der Waals surface area (Å²) in [6, 6.07) is 7.59. The van der Waals surface area contributed by atoms with E-state index >= 15 is 0 Å². The van der Waals surface area contributed by atoms with Gasteiger partial charge in [0, 0.05) is 6.54 Å². The highest BCUT2D eigenvalue weighted by molar-refractivity contribution is 5.29. The molecule has 20 heavy (non-hydrogen) atoms. The molecule has 0 amide bonds. The molecule has 0 radical (unpaired) electrons. The number of ether oxygens (including phenoxy) is 1. The van der Waals surface area contributed by atoms with Crippen LogP contribution in [-0.4, -0.2) is 24.8 Å². The summed E-state index contributed by atoms with van der Waals surface area (Å²) in [6.45, 7) is 10.0. The van der Waals surface area contributed by atoms with Crippen LogP contribution in [0.5, 0.6) is 5.75 Å². The van der Waals surface area contributed by atoms with Crippen molar-refractivity contribution in [2.45, 2.75) is 39.2 Å². The third-order valence-corrected chi connectivity index (χ3v) is 3.04. The van der Waals surface area contributed by atoms with E-state index in [4.69, 9.17) is 4.74 Å². The molecule has 2 N–H and O–H groups in total. The lowest BCUT2D eigenvalue weighted by Gasteiger charge is -2.13. The molecule has 0 spiro atoms. The van der Waals surface area contributed by atoms with Crippen LogP contribution in [0.3, 0.4) is 0 Å². The van der Waals surface area contributed by atoms with E-state index in [9.17, 15) is 5.11 Å². The molecule has 3 heteroatoms. The maximum Gasteiger partial charge on any atom is 0.119 e. The maximum atomic E-state index is 10.1. The van der Waals surface area contributed by atoms with Crippen LogP contribution in [0.2, 0.25) is 0 Å². The van der Waals surface area contributed by atoms with Crippen LogP contribution in [0.4, 0.5) is 0 Å². The normalized spacial score (nSPS) is 12.2. The third-order valence-electron chi connectivity index (χ3n) is 3.04. The van der Waals surface area contributed by atoms with Crippen molar-refractivity contribution in [2.24, 2.45) is 0 Å². The van der Waals surface area contributed by atoms with Crippen molar-refractivity contribution in [1.29, 1.82) is 0 Å². The Morgan fingerprint density at radius 1 is 1.30 bits per heavy atom. The Morgan fingerprint density at radius 2 is 2.00 bits per heavy atom. The molecule has 0 bridgehead atoms. The first-order chi connectivity index (χ1) is 9.63. The fraction of sp³-hybridized carbons (Fsp3) is 0.529. The summed E-state index contributed by atoms with van der Waals surface area (Å²) in [7, 11) is 0. The van der Waals surface area contributed by atoms with Gasteiger partial charge in [0.25, 0.3) is 0 Å². The number of hydrogen-bond donors (Lipinski definition) is 2. The SMILES string of the molecule is C=C(C)COc1ccc(C(O)CNCCCCC)cc1. The van der Waals surface area contributed by atoms with E-state index in [0.29, 0.717) is 13.2 Å². The van der Waals surface area contributed by atoms with E-state index in [1.807, 2.05) is 31.2 Å². The van der Waals surface area contributed by atoms with Crippen molar-refractivity contribution in [2.75, 3.05) is 19.7 Å². The first-order valence-electron chi connectivity index (χ1n) is 7.39. The highest BCUT2D eigenvalue weighted by Crippen LogP contribution is 2.17. The zero-order chi connectivity index (χ0) is 14.8. The van der Waals surface area contributed by atoms with E-state index < -0.39 is 6.10 Å². The second-order valence-electron chi connectivity index (χ2n) is 5.24. The standard InChI is InChI=1S/C17H27NO2/c1-4-5-6-11-18-12-17(19)15-7-9-16(10-8-15)20-13-14(2)3/h7-10,17-19H,2,4-6,11-13H2,1,3H3. The summed E-state index contributed by atoms with van der Waals surface area (Å²) >= 11 is 0. The molecule has 0 aliphatic rings. The number of nitrogens with one attached hydrogen (secondary N) is 1. The van der Waals surface area contributed by atoms with E-state index in [0.717, 1.165) is 29.9 Å². The first-order valence-corrected chi connectivity index (χ1v) is 7.39. The lowest BCUT2D eigenvalue weighted by atomic mass is 10.1. The smallest absolute Gasteiger partial charge is 0.119 e. The van der Waals surface area contributed by atoms with Crippen molar-refractivity contribution in [3.63, 3.8) is 0 Å². The molecule has 0 aliphatic heterocycles. The van der Waals surface area contributed by atoms with Gasteiger partial charge < -0.3 is 15.2 Å². The molecule has 0 aromatic heterocycles. The largest absolute Gasteiger partial charge is 0.489 e. The zero-order valence-electron chi connectivity index (χ0n) is 12.7. The van der Waals surface area contributed by atoms with Gasteiger partial charge in [-0.25, -0.2) is 0 Å². The zero-order valence-corrected chi connectivity index (χ0v) is 12.7. The van der Waals surface area contributed by atoms with Crippen LogP contribution >= 0.6 is 0 Å². The van der Waals surface area contributed by atoms with Gasteiger partial charge in [-0.3, -0.25) is 0 Å². The highest BCUT2D eigenvalue weighted by atomic mass is 16.5. The van der Waals surface area contributed by atoms with Gasteiger partial charge in [-0.2, -0.15) is 0 Å². The Morgan fingerprint density at radius 3 is 2.60 bits per heavy atom. The van der Waals surface area contributed by atoms with Crippen LogP contribution in [-0.2, 0) is 0 Å². The van der Waals surface area contributed by atoms with Gasteiger partial charge in [-0.1, -0.05) is 38.5 Å². The molecule has 1 unspecified atom stereocenters. The first kappa shape index (κ1) is 16.7. The van der Waals surface area contributed by atoms with Crippen molar-refractivity contribution in [3.05, 3.63) is 42.0 Å². The molecule has 0 heterocycles. The highest BCUT2D eigenvalue weighted by Gasteiger charge is 2.06. The maximum absolute atomic E-state index is 10.1. The predicted molar refractivity (Wildman–Crippen MR) is 84.1 cm³/mol. The average molecular weight is 277 g/mol. The van der Waals surface area contributed by atoms with Crippen molar-refractivity contribution >= 4 is 0 Å². The van der Waals surface area contributed by atoms with Crippen molar-refractivity contribution in [1.82, 2.24) is 5.32 Å². The number of unbranched alkanes of at least 4 members (excludes halogenated alkanes) is 2. The summed E-state index contributed by atoms with van der Waals surface area (Å²) in [5.41, 5.74) is 1.90. The molecular formula is C17H27NO2. The van der Waals surface area contributed by atoms with Crippen LogP contribution < -0.4 is 10.1 Å². The molecule has 3 nitrogen and oxygen atoms in total. The Hall–Kier alpha value is -1.32. The molecule has 1 aromatic rings. The Labute approximate surface area is 122 Å². The number of benzene rings is 1. The lowest BCUT2D eigenvalue weighted by molar-refractivity contribution is 0.174. The molecule has 0 fully saturated rings. The summed E-state index contributed by atoms with van der Waals surface area (Å²) in [6.07, 6.45) is 3.15. The Kier molecular flexibility index (Phi) is 8.00. The molecule has 1 rings (SSSR count). The van der Waals surface area contributed by atoms with Crippen LogP contribution in [0.25, 0.3) is 0 Å². The third kappa shape index (κ3) is 6.73. The van der Waals surface area contributed by atoms with Gasteiger partial charge in [-0.05, 0) is 43.2 Å². The summed E-state index contributed by atoms with van der Waals surface area (Å²) in [4.78, 5) is 0. The number of rotatable bonds is 10. The number of aliphatic hydroxyl groups excluding tert-OH is 1. The van der Waals surface area contributed by atoms with Gasteiger partial charge >= 0.3 is 0 Å². The molecule has 112 valence electrons. The monoisotopic (exact) mass is 277 g/mol. The topological polar surface area (TPSA) is 41.5 Å². The van der Waals surface area contributed by atoms with Gasteiger partial charge in [-0.15, -0.1) is 0 Å². The van der Waals surface area contributed by atoms with Crippen LogP contribution in [0.1, 0.15) is 44.8 Å². The quantitative estimate of drug-likeness (QED) is 0.508. The fourth-order valence-electron chi connectivity index (χ4n) is 1.85. The van der Waals surface area contributed by atoms with Crippen molar-refractivity contribution < 1.29 is 9.84 Å². The van der Waals surface area contributed by atoms with E-state index in [2.05, 4.69) is 18.8 Å². The number of aliphatic hydroxyl groups is 1. The number of hydrogen-bond acceptors (Lipinski definition) is 3. The van der Waals surface area contributed by atoms with Crippen LogP contribution in [0.15, 0.2) is 36.4 Å². The lowest BCUT2D eigenvalue weighted by Crippen LogP contribution is -2.22. The van der Waals surface area contributed by atoms with E-state index in [1.165, 1.54) is 12.8 Å². The second kappa shape index (κ2) is 9.56. The van der Waals surface area contributed by atoms with Crippen molar-refractivity contribution in [3.8, 4) is 5.75 Å². The van der Waals surface area contributed by atoms with Gasteiger partial charge in [0.05, 0.1) is 6.10 Å². The fourth-order valence-corrected chi connectivity index (χ4v) is 1.85. The summed E-state index contributed by atoms with van der Waals surface area (Å²) in [5.74, 6) is 0.805. The molecule has 1 atom stereocenters. The molecule has 1 aromatic carbocycles. The van der Waals surface area contributed by atoms with Gasteiger partial charge in [0.15, 0.2) is 0 Å². The minimum absolute atomic E-state index is 0.466. The average Bonchev–Trinajstić information content (AvgIpc) is 2.45. The summed E-state index contributed by atoms with van der Waals surface area (Å²) < 4.78 is 5.53. The second-order valence-corrected chi connectivity index (χ2v) is 5.24. The molecule has 0 saturated heterocycles. The van der Waals surface area contributed by atoms with Gasteiger partial charge in [0.1, 0.15) is 12.4 Å². The predicted octanol–water partition coefficient (Wildman–Crippen LogP) is 3.45. The molecular weight excluding hydrogens is 250 g/mol. The Balaban J connectivity index is 2.33. The molecule has 0 aliphatic carbocycles. The van der Waals surface area contributed by atoms with E-state index in [1.54, 1.807) is 0 Å².